The number of phenols is 1. The summed E-state index contributed by atoms with van der Waals surface area (Å²) in [6.07, 6.45) is 3.48. The van der Waals surface area contributed by atoms with Crippen molar-refractivity contribution >= 4 is 5.69 Å². The van der Waals surface area contributed by atoms with E-state index in [1.807, 2.05) is 6.07 Å². The van der Waals surface area contributed by atoms with E-state index < -0.39 is 0 Å². The molecule has 16 heavy (non-hydrogen) atoms. The lowest BCUT2D eigenvalue weighted by Gasteiger charge is -2.07. The molecule has 0 aliphatic heterocycles. The Balaban J connectivity index is 2.04. The zero-order valence-electron chi connectivity index (χ0n) is 8.90. The first-order valence-electron chi connectivity index (χ1n) is 4.88. The van der Waals surface area contributed by atoms with E-state index in [1.165, 1.54) is 7.11 Å². The molecule has 0 saturated carbocycles. The predicted octanol–water partition coefficient (Wildman–Crippen LogP) is 1.74. The van der Waals surface area contributed by atoms with Gasteiger partial charge in [-0.1, -0.05) is 6.07 Å². The monoisotopic (exact) mass is 219 g/mol. The summed E-state index contributed by atoms with van der Waals surface area (Å²) in [5, 5.41) is 19.2. The number of aromatic amines is 1. The highest BCUT2D eigenvalue weighted by Gasteiger charge is 2.02. The van der Waals surface area contributed by atoms with Crippen molar-refractivity contribution in [3.05, 3.63) is 36.2 Å². The number of anilines is 1. The lowest BCUT2D eigenvalue weighted by atomic mass is 10.2. The molecule has 5 heteroatoms. The molecule has 0 aliphatic carbocycles. The molecule has 0 aliphatic rings. The van der Waals surface area contributed by atoms with Gasteiger partial charge in [0.1, 0.15) is 0 Å². The van der Waals surface area contributed by atoms with Crippen LogP contribution in [0.3, 0.4) is 0 Å². The lowest BCUT2D eigenvalue weighted by molar-refractivity contribution is 0.373. The van der Waals surface area contributed by atoms with Crippen LogP contribution in [0.15, 0.2) is 30.6 Å². The van der Waals surface area contributed by atoms with Crippen LogP contribution in [-0.4, -0.2) is 22.4 Å². The maximum Gasteiger partial charge on any atom is 0.160 e. The lowest BCUT2D eigenvalue weighted by Crippen LogP contribution is -1.98. The minimum Gasteiger partial charge on any atom is -0.504 e. The van der Waals surface area contributed by atoms with Crippen LogP contribution in [0.5, 0.6) is 11.5 Å². The van der Waals surface area contributed by atoms with Gasteiger partial charge in [0.05, 0.1) is 19.0 Å². The molecule has 3 N–H and O–H groups in total. The van der Waals surface area contributed by atoms with Gasteiger partial charge in [-0.3, -0.25) is 5.10 Å². The minimum absolute atomic E-state index is 0.148. The van der Waals surface area contributed by atoms with E-state index >= 15 is 0 Å². The molecule has 1 aromatic carbocycles. The fraction of sp³-hybridized carbons (Fsp3) is 0.182. The second kappa shape index (κ2) is 4.57. The summed E-state index contributed by atoms with van der Waals surface area (Å²) in [6, 6.07) is 5.25. The Bertz CT molecular complexity index is 454. The third-order valence-electron chi connectivity index (χ3n) is 2.24. The molecule has 0 saturated heterocycles. The Hall–Kier alpha value is -2.17. The fourth-order valence-electron chi connectivity index (χ4n) is 1.38. The zero-order chi connectivity index (χ0) is 11.4. The number of methoxy groups -OCH3 is 1. The minimum atomic E-state index is 0.148. The van der Waals surface area contributed by atoms with E-state index in [-0.39, 0.29) is 5.75 Å². The quantitative estimate of drug-likeness (QED) is 0.732. The molecule has 2 rings (SSSR count). The zero-order valence-corrected chi connectivity index (χ0v) is 8.90. The number of aromatic hydroxyl groups is 1. The first-order valence-corrected chi connectivity index (χ1v) is 4.88. The highest BCUT2D eigenvalue weighted by atomic mass is 16.5. The normalized spacial score (nSPS) is 10.1. The molecule has 0 amide bonds. The van der Waals surface area contributed by atoms with Gasteiger partial charge in [-0.15, -0.1) is 0 Å². The standard InChI is InChI=1S/C11H13N3O2/c1-16-11-4-8(2-3-10(11)15)5-12-9-6-13-14-7-9/h2-4,6-7,12,15H,5H2,1H3,(H,13,14). The average molecular weight is 219 g/mol. The Labute approximate surface area is 93.1 Å². The number of aromatic nitrogens is 2. The molecular weight excluding hydrogens is 206 g/mol. The van der Waals surface area contributed by atoms with Gasteiger partial charge in [-0.25, -0.2) is 0 Å². The number of nitrogens with one attached hydrogen (secondary N) is 2. The Kier molecular flexibility index (Phi) is 2.95. The second-order valence-electron chi connectivity index (χ2n) is 3.35. The Morgan fingerprint density at radius 2 is 2.38 bits per heavy atom. The predicted molar refractivity (Wildman–Crippen MR) is 60.6 cm³/mol. The van der Waals surface area contributed by atoms with Crippen molar-refractivity contribution < 1.29 is 9.84 Å². The van der Waals surface area contributed by atoms with E-state index in [0.717, 1.165) is 11.3 Å². The van der Waals surface area contributed by atoms with Crippen molar-refractivity contribution in [2.24, 2.45) is 0 Å². The summed E-state index contributed by atoms with van der Waals surface area (Å²) in [5.41, 5.74) is 1.95. The summed E-state index contributed by atoms with van der Waals surface area (Å²) >= 11 is 0. The van der Waals surface area contributed by atoms with Crippen LogP contribution in [0.25, 0.3) is 0 Å². The Morgan fingerprint density at radius 3 is 3.06 bits per heavy atom. The molecule has 1 heterocycles. The van der Waals surface area contributed by atoms with Gasteiger partial charge in [0, 0.05) is 12.7 Å². The van der Waals surface area contributed by atoms with Crippen molar-refractivity contribution in [3.63, 3.8) is 0 Å². The van der Waals surface area contributed by atoms with Crippen molar-refractivity contribution in [2.75, 3.05) is 12.4 Å². The number of rotatable bonds is 4. The second-order valence-corrected chi connectivity index (χ2v) is 3.35. The smallest absolute Gasteiger partial charge is 0.160 e. The Morgan fingerprint density at radius 1 is 1.50 bits per heavy atom. The first kappa shape index (κ1) is 10.4. The number of phenolic OH excluding ortho intramolecular Hbond substituents is 1. The molecular formula is C11H13N3O2. The summed E-state index contributed by atoms with van der Waals surface area (Å²) in [5.74, 6) is 0.626. The topological polar surface area (TPSA) is 70.2 Å². The summed E-state index contributed by atoms with van der Waals surface area (Å²) < 4.78 is 5.03. The number of hydrogen-bond acceptors (Lipinski definition) is 4. The molecule has 0 unspecified atom stereocenters. The SMILES string of the molecule is COc1cc(CNc2cn[nH]c2)ccc1O. The molecule has 0 fully saturated rings. The largest absolute Gasteiger partial charge is 0.504 e. The van der Waals surface area contributed by atoms with Crippen molar-refractivity contribution in [1.82, 2.24) is 10.2 Å². The van der Waals surface area contributed by atoms with Crippen LogP contribution in [0, 0.1) is 0 Å². The number of hydrogen-bond donors (Lipinski definition) is 3. The van der Waals surface area contributed by atoms with E-state index in [0.29, 0.717) is 12.3 Å². The van der Waals surface area contributed by atoms with Crippen LogP contribution in [0.2, 0.25) is 0 Å². The van der Waals surface area contributed by atoms with Crippen LogP contribution >= 0.6 is 0 Å². The van der Waals surface area contributed by atoms with Crippen LogP contribution in [0.4, 0.5) is 5.69 Å². The van der Waals surface area contributed by atoms with Gasteiger partial charge in [0.2, 0.25) is 0 Å². The molecule has 0 spiro atoms. The molecule has 5 nitrogen and oxygen atoms in total. The van der Waals surface area contributed by atoms with E-state index in [4.69, 9.17) is 4.74 Å². The van der Waals surface area contributed by atoms with Crippen LogP contribution in [0.1, 0.15) is 5.56 Å². The summed E-state index contributed by atoms with van der Waals surface area (Å²) in [7, 11) is 1.53. The van der Waals surface area contributed by atoms with E-state index in [1.54, 1.807) is 24.5 Å². The molecule has 2 aromatic rings. The van der Waals surface area contributed by atoms with E-state index in [9.17, 15) is 5.11 Å². The highest BCUT2D eigenvalue weighted by Crippen LogP contribution is 2.26. The molecule has 84 valence electrons. The molecule has 1 aromatic heterocycles. The number of benzene rings is 1. The third-order valence-corrected chi connectivity index (χ3v) is 2.24. The molecule has 0 radical (unpaired) electrons. The molecule has 0 atom stereocenters. The summed E-state index contributed by atoms with van der Waals surface area (Å²) in [4.78, 5) is 0. The van der Waals surface area contributed by atoms with Crippen molar-refractivity contribution in [3.8, 4) is 11.5 Å². The van der Waals surface area contributed by atoms with E-state index in [2.05, 4.69) is 15.5 Å². The van der Waals surface area contributed by atoms with Crippen molar-refractivity contribution in [1.29, 1.82) is 0 Å². The van der Waals surface area contributed by atoms with Gasteiger partial charge in [0.15, 0.2) is 11.5 Å². The van der Waals surface area contributed by atoms with Gasteiger partial charge in [-0.05, 0) is 17.7 Å². The van der Waals surface area contributed by atoms with Crippen LogP contribution in [-0.2, 0) is 6.54 Å². The third kappa shape index (κ3) is 2.25. The van der Waals surface area contributed by atoms with Gasteiger partial charge in [0.25, 0.3) is 0 Å². The van der Waals surface area contributed by atoms with Gasteiger partial charge < -0.3 is 15.2 Å². The number of H-pyrrole nitrogens is 1. The van der Waals surface area contributed by atoms with Crippen LogP contribution < -0.4 is 10.1 Å². The number of ether oxygens (including phenoxy) is 1. The summed E-state index contributed by atoms with van der Waals surface area (Å²) in [6.45, 7) is 0.649. The maximum atomic E-state index is 9.43. The van der Waals surface area contributed by atoms with Crippen molar-refractivity contribution in [2.45, 2.75) is 6.54 Å². The highest BCUT2D eigenvalue weighted by molar-refractivity contribution is 5.44. The average Bonchev–Trinajstić information content (AvgIpc) is 2.81. The first-order chi connectivity index (χ1) is 7.79. The van der Waals surface area contributed by atoms with Gasteiger partial charge >= 0.3 is 0 Å². The fourth-order valence-corrected chi connectivity index (χ4v) is 1.38. The molecule has 0 bridgehead atoms. The number of nitrogens with zero attached hydrogens (tertiary/aromatic N) is 1. The van der Waals surface area contributed by atoms with Gasteiger partial charge in [-0.2, -0.15) is 5.10 Å². The maximum absolute atomic E-state index is 9.43.